The molecule has 1 aromatic heterocycles. The standard InChI is InChI=1S/C11H16F2N2O/c1-6-5-15-9(4-8(14)11(12)13)7(2)10(6)16-3/h5,8,11H,4,14H2,1-3H3. The van der Waals surface area contributed by atoms with Crippen LogP contribution in [0.25, 0.3) is 0 Å². The molecule has 5 heteroatoms. The molecule has 0 bridgehead atoms. The fourth-order valence-corrected chi connectivity index (χ4v) is 1.59. The first kappa shape index (κ1) is 12.8. The second-order valence-electron chi connectivity index (χ2n) is 3.75. The third-order valence-electron chi connectivity index (χ3n) is 2.50. The quantitative estimate of drug-likeness (QED) is 0.858. The van der Waals surface area contributed by atoms with Gasteiger partial charge in [-0.3, -0.25) is 4.98 Å². The van der Waals surface area contributed by atoms with Crippen LogP contribution in [0.4, 0.5) is 8.78 Å². The number of hydrogen-bond acceptors (Lipinski definition) is 3. The Labute approximate surface area is 93.6 Å². The van der Waals surface area contributed by atoms with Crippen molar-refractivity contribution in [1.29, 1.82) is 0 Å². The Morgan fingerprint density at radius 2 is 2.06 bits per heavy atom. The minimum Gasteiger partial charge on any atom is -0.496 e. The molecule has 2 N–H and O–H groups in total. The number of aromatic nitrogens is 1. The first-order valence-corrected chi connectivity index (χ1v) is 5.00. The maximum atomic E-state index is 12.3. The van der Waals surface area contributed by atoms with Gasteiger partial charge in [0.05, 0.1) is 13.2 Å². The van der Waals surface area contributed by atoms with Crippen LogP contribution >= 0.6 is 0 Å². The summed E-state index contributed by atoms with van der Waals surface area (Å²) in [5.74, 6) is 0.687. The topological polar surface area (TPSA) is 48.1 Å². The van der Waals surface area contributed by atoms with Crippen LogP contribution in [0.5, 0.6) is 5.75 Å². The number of rotatable bonds is 4. The van der Waals surface area contributed by atoms with Crippen molar-refractivity contribution in [3.8, 4) is 5.75 Å². The molecule has 3 nitrogen and oxygen atoms in total. The van der Waals surface area contributed by atoms with Crippen LogP contribution in [-0.4, -0.2) is 24.6 Å². The Morgan fingerprint density at radius 1 is 1.44 bits per heavy atom. The number of nitrogens with two attached hydrogens (primary N) is 1. The number of methoxy groups -OCH3 is 1. The smallest absolute Gasteiger partial charge is 0.253 e. The van der Waals surface area contributed by atoms with Crippen molar-refractivity contribution in [2.45, 2.75) is 32.7 Å². The first-order chi connectivity index (χ1) is 7.47. The van der Waals surface area contributed by atoms with Crippen LogP contribution in [0.2, 0.25) is 0 Å². The van der Waals surface area contributed by atoms with Gasteiger partial charge in [0.2, 0.25) is 0 Å². The van der Waals surface area contributed by atoms with Crippen LogP contribution in [0, 0.1) is 13.8 Å². The van der Waals surface area contributed by atoms with Crippen LogP contribution in [0.1, 0.15) is 16.8 Å². The van der Waals surface area contributed by atoms with Gasteiger partial charge in [0.15, 0.2) is 0 Å². The van der Waals surface area contributed by atoms with Gasteiger partial charge in [0.25, 0.3) is 6.43 Å². The van der Waals surface area contributed by atoms with Crippen LogP contribution in [0.3, 0.4) is 0 Å². The number of alkyl halides is 2. The lowest BCUT2D eigenvalue weighted by molar-refractivity contribution is 0.115. The van der Waals surface area contributed by atoms with Crippen LogP contribution in [-0.2, 0) is 6.42 Å². The zero-order chi connectivity index (χ0) is 12.3. The predicted octanol–water partition coefficient (Wildman–Crippen LogP) is 1.84. The van der Waals surface area contributed by atoms with E-state index in [0.717, 1.165) is 11.1 Å². The number of aryl methyl sites for hydroxylation is 1. The molecule has 1 atom stereocenters. The lowest BCUT2D eigenvalue weighted by Gasteiger charge is -2.15. The van der Waals surface area contributed by atoms with Gasteiger partial charge in [-0.1, -0.05) is 0 Å². The Balaban J connectivity index is 2.98. The molecule has 0 saturated carbocycles. The highest BCUT2D eigenvalue weighted by molar-refractivity contribution is 5.41. The second-order valence-corrected chi connectivity index (χ2v) is 3.75. The van der Waals surface area contributed by atoms with Gasteiger partial charge in [-0.15, -0.1) is 0 Å². The van der Waals surface area contributed by atoms with Crippen molar-refractivity contribution >= 4 is 0 Å². The van der Waals surface area contributed by atoms with Gasteiger partial charge in [0.1, 0.15) is 5.75 Å². The number of ether oxygens (including phenoxy) is 1. The molecule has 16 heavy (non-hydrogen) atoms. The Hall–Kier alpha value is -1.23. The molecule has 1 rings (SSSR count). The highest BCUT2D eigenvalue weighted by Crippen LogP contribution is 2.24. The highest BCUT2D eigenvalue weighted by atomic mass is 19.3. The van der Waals surface area contributed by atoms with Gasteiger partial charge in [0, 0.05) is 29.4 Å². The third-order valence-corrected chi connectivity index (χ3v) is 2.50. The van der Waals surface area contributed by atoms with Crippen molar-refractivity contribution in [3.05, 3.63) is 23.0 Å². The van der Waals surface area contributed by atoms with E-state index in [-0.39, 0.29) is 6.42 Å². The average Bonchev–Trinajstić information content (AvgIpc) is 2.22. The summed E-state index contributed by atoms with van der Waals surface area (Å²) in [7, 11) is 1.55. The Bertz CT molecular complexity index is 369. The maximum Gasteiger partial charge on any atom is 0.253 e. The number of halogens is 2. The molecule has 90 valence electrons. The number of pyridine rings is 1. The molecule has 0 aliphatic carbocycles. The lowest BCUT2D eigenvalue weighted by atomic mass is 10.1. The number of nitrogens with zero attached hydrogens (tertiary/aromatic N) is 1. The fraction of sp³-hybridized carbons (Fsp3) is 0.545. The molecule has 0 fully saturated rings. The summed E-state index contributed by atoms with van der Waals surface area (Å²) in [4.78, 5) is 4.12. The van der Waals surface area contributed by atoms with Gasteiger partial charge >= 0.3 is 0 Å². The van der Waals surface area contributed by atoms with Crippen molar-refractivity contribution in [2.75, 3.05) is 7.11 Å². The van der Waals surface area contributed by atoms with E-state index in [1.807, 2.05) is 6.92 Å². The van der Waals surface area contributed by atoms with E-state index in [1.165, 1.54) is 0 Å². The maximum absolute atomic E-state index is 12.3. The van der Waals surface area contributed by atoms with E-state index in [9.17, 15) is 8.78 Å². The van der Waals surface area contributed by atoms with Gasteiger partial charge in [-0.25, -0.2) is 8.78 Å². The van der Waals surface area contributed by atoms with E-state index in [2.05, 4.69) is 4.98 Å². The van der Waals surface area contributed by atoms with E-state index in [4.69, 9.17) is 10.5 Å². The van der Waals surface area contributed by atoms with Crippen molar-refractivity contribution in [1.82, 2.24) is 4.98 Å². The summed E-state index contributed by atoms with van der Waals surface area (Å²) in [6, 6.07) is -1.18. The van der Waals surface area contributed by atoms with E-state index in [1.54, 1.807) is 20.2 Å². The molecular weight excluding hydrogens is 214 g/mol. The Kier molecular flexibility index (Phi) is 4.18. The average molecular weight is 230 g/mol. The third kappa shape index (κ3) is 2.66. The molecule has 1 unspecified atom stereocenters. The summed E-state index contributed by atoms with van der Waals surface area (Å²) >= 11 is 0. The second kappa shape index (κ2) is 5.21. The molecular formula is C11H16F2N2O. The molecule has 0 spiro atoms. The molecule has 0 aliphatic rings. The number of hydrogen-bond donors (Lipinski definition) is 1. The predicted molar refractivity (Wildman–Crippen MR) is 57.9 cm³/mol. The van der Waals surface area contributed by atoms with E-state index in [0.29, 0.717) is 11.4 Å². The Morgan fingerprint density at radius 3 is 2.56 bits per heavy atom. The molecule has 0 amide bonds. The monoisotopic (exact) mass is 230 g/mol. The molecule has 0 aliphatic heterocycles. The fourth-order valence-electron chi connectivity index (χ4n) is 1.59. The summed E-state index contributed by atoms with van der Waals surface area (Å²) in [5, 5.41) is 0. The summed E-state index contributed by atoms with van der Waals surface area (Å²) in [5.41, 5.74) is 7.54. The van der Waals surface area contributed by atoms with Gasteiger partial charge in [-0.2, -0.15) is 0 Å². The van der Waals surface area contributed by atoms with Crippen LogP contribution < -0.4 is 10.5 Å². The molecule has 0 aromatic carbocycles. The molecule has 1 heterocycles. The molecule has 0 radical (unpaired) electrons. The summed E-state index contributed by atoms with van der Waals surface area (Å²) in [6.07, 6.45) is -0.868. The lowest BCUT2D eigenvalue weighted by Crippen LogP contribution is -2.31. The first-order valence-electron chi connectivity index (χ1n) is 5.00. The molecule has 0 saturated heterocycles. The van der Waals surface area contributed by atoms with Crippen LogP contribution in [0.15, 0.2) is 6.20 Å². The van der Waals surface area contributed by atoms with Crippen molar-refractivity contribution in [3.63, 3.8) is 0 Å². The van der Waals surface area contributed by atoms with E-state index < -0.39 is 12.5 Å². The normalized spacial score (nSPS) is 12.9. The van der Waals surface area contributed by atoms with Gasteiger partial charge in [-0.05, 0) is 13.8 Å². The minimum absolute atomic E-state index is 0.0557. The molecule has 1 aromatic rings. The summed E-state index contributed by atoms with van der Waals surface area (Å²) in [6.45, 7) is 3.65. The van der Waals surface area contributed by atoms with Crippen molar-refractivity contribution < 1.29 is 13.5 Å². The zero-order valence-corrected chi connectivity index (χ0v) is 9.63. The summed E-state index contributed by atoms with van der Waals surface area (Å²) < 4.78 is 29.8. The van der Waals surface area contributed by atoms with Crippen molar-refractivity contribution in [2.24, 2.45) is 5.73 Å². The largest absolute Gasteiger partial charge is 0.496 e. The van der Waals surface area contributed by atoms with Gasteiger partial charge < -0.3 is 10.5 Å². The highest BCUT2D eigenvalue weighted by Gasteiger charge is 2.19. The zero-order valence-electron chi connectivity index (χ0n) is 9.63. The van der Waals surface area contributed by atoms with E-state index >= 15 is 0 Å². The minimum atomic E-state index is -2.53. The SMILES string of the molecule is COc1c(C)cnc(CC(N)C(F)F)c1C.